The highest BCUT2D eigenvalue weighted by molar-refractivity contribution is 9.10. The highest BCUT2D eigenvalue weighted by Gasteiger charge is 2.19. The molecule has 0 unspecified atom stereocenters. The molecular weight excluding hydrogens is 286 g/mol. The smallest absolute Gasteiger partial charge is 0.0208 e. The SMILES string of the molecule is Cc1cc(CN[C@@H](C)C2CCCCC2)ccc1Br. The molecule has 1 N–H and O–H groups in total. The fourth-order valence-corrected chi connectivity index (χ4v) is 3.14. The first-order valence-electron chi connectivity index (χ1n) is 7.15. The molecule has 100 valence electrons. The Hall–Kier alpha value is -0.340. The molecule has 0 aliphatic heterocycles. The average Bonchev–Trinajstić information content (AvgIpc) is 2.41. The van der Waals surface area contributed by atoms with Gasteiger partial charge in [0.2, 0.25) is 0 Å². The first-order chi connectivity index (χ1) is 8.66. The van der Waals surface area contributed by atoms with Gasteiger partial charge in [-0.3, -0.25) is 0 Å². The third kappa shape index (κ3) is 3.83. The Morgan fingerprint density at radius 3 is 2.67 bits per heavy atom. The highest BCUT2D eigenvalue weighted by Crippen LogP contribution is 2.26. The van der Waals surface area contributed by atoms with Crippen LogP contribution in [0, 0.1) is 12.8 Å². The molecule has 1 saturated carbocycles. The summed E-state index contributed by atoms with van der Waals surface area (Å²) in [7, 11) is 0. The van der Waals surface area contributed by atoms with Crippen LogP contribution in [0.3, 0.4) is 0 Å². The van der Waals surface area contributed by atoms with E-state index in [0.29, 0.717) is 6.04 Å². The number of halogens is 1. The number of aryl methyl sites for hydroxylation is 1. The fraction of sp³-hybridized carbons (Fsp3) is 0.625. The lowest BCUT2D eigenvalue weighted by Crippen LogP contribution is -2.34. The van der Waals surface area contributed by atoms with Crippen LogP contribution in [-0.4, -0.2) is 6.04 Å². The zero-order valence-corrected chi connectivity index (χ0v) is 13.1. The summed E-state index contributed by atoms with van der Waals surface area (Å²) in [4.78, 5) is 0. The zero-order valence-electron chi connectivity index (χ0n) is 11.5. The van der Waals surface area contributed by atoms with Crippen molar-refractivity contribution in [2.75, 3.05) is 0 Å². The molecule has 1 aromatic rings. The van der Waals surface area contributed by atoms with Crippen molar-refractivity contribution in [3.8, 4) is 0 Å². The van der Waals surface area contributed by atoms with Crippen molar-refractivity contribution in [2.24, 2.45) is 5.92 Å². The lowest BCUT2D eigenvalue weighted by molar-refractivity contribution is 0.280. The van der Waals surface area contributed by atoms with Crippen molar-refractivity contribution in [3.63, 3.8) is 0 Å². The maximum absolute atomic E-state index is 3.70. The Labute approximate surface area is 119 Å². The second-order valence-corrected chi connectivity index (χ2v) is 6.51. The largest absolute Gasteiger partial charge is 0.310 e. The van der Waals surface area contributed by atoms with E-state index in [9.17, 15) is 0 Å². The molecule has 1 fully saturated rings. The molecule has 1 nitrogen and oxygen atoms in total. The summed E-state index contributed by atoms with van der Waals surface area (Å²) >= 11 is 3.55. The normalized spacial score (nSPS) is 18.8. The molecule has 0 heterocycles. The Morgan fingerprint density at radius 2 is 2.00 bits per heavy atom. The van der Waals surface area contributed by atoms with Crippen LogP contribution < -0.4 is 5.32 Å². The molecule has 0 aromatic heterocycles. The maximum atomic E-state index is 3.70. The molecule has 1 atom stereocenters. The van der Waals surface area contributed by atoms with E-state index in [1.165, 1.54) is 47.7 Å². The van der Waals surface area contributed by atoms with E-state index >= 15 is 0 Å². The Balaban J connectivity index is 1.84. The fourth-order valence-electron chi connectivity index (χ4n) is 2.90. The number of nitrogens with one attached hydrogen (secondary N) is 1. The van der Waals surface area contributed by atoms with Gasteiger partial charge in [-0.1, -0.05) is 47.3 Å². The molecule has 0 spiro atoms. The molecule has 1 aliphatic carbocycles. The minimum atomic E-state index is 0.647. The lowest BCUT2D eigenvalue weighted by Gasteiger charge is -2.28. The van der Waals surface area contributed by atoms with Gasteiger partial charge in [-0.05, 0) is 49.8 Å². The van der Waals surface area contributed by atoms with Gasteiger partial charge >= 0.3 is 0 Å². The van der Waals surface area contributed by atoms with E-state index in [1.54, 1.807) is 0 Å². The second-order valence-electron chi connectivity index (χ2n) is 5.65. The molecular formula is C16H24BrN. The van der Waals surface area contributed by atoms with Crippen molar-refractivity contribution in [3.05, 3.63) is 33.8 Å². The minimum Gasteiger partial charge on any atom is -0.310 e. The van der Waals surface area contributed by atoms with E-state index in [4.69, 9.17) is 0 Å². The summed E-state index contributed by atoms with van der Waals surface area (Å²) in [6.07, 6.45) is 7.11. The molecule has 2 rings (SSSR count). The van der Waals surface area contributed by atoms with Crippen LogP contribution >= 0.6 is 15.9 Å². The van der Waals surface area contributed by atoms with Gasteiger partial charge in [0, 0.05) is 17.1 Å². The van der Waals surface area contributed by atoms with Crippen LogP contribution in [0.25, 0.3) is 0 Å². The quantitative estimate of drug-likeness (QED) is 0.841. The summed E-state index contributed by atoms with van der Waals surface area (Å²) in [5, 5.41) is 3.70. The van der Waals surface area contributed by atoms with Crippen molar-refractivity contribution in [1.29, 1.82) is 0 Å². The van der Waals surface area contributed by atoms with Crippen LogP contribution in [0.15, 0.2) is 22.7 Å². The van der Waals surface area contributed by atoms with Crippen LogP contribution in [0.4, 0.5) is 0 Å². The van der Waals surface area contributed by atoms with Gasteiger partial charge in [0.25, 0.3) is 0 Å². The number of benzene rings is 1. The molecule has 1 aromatic carbocycles. The van der Waals surface area contributed by atoms with Crippen molar-refractivity contribution in [1.82, 2.24) is 5.32 Å². The predicted octanol–water partition coefficient (Wildman–Crippen LogP) is 4.82. The molecule has 0 amide bonds. The standard InChI is InChI=1S/C16H24BrN/c1-12-10-14(8-9-16(12)17)11-18-13(2)15-6-4-3-5-7-15/h8-10,13,15,18H,3-7,11H2,1-2H3/t13-/m0/s1. The topological polar surface area (TPSA) is 12.0 Å². The van der Waals surface area contributed by atoms with Crippen LogP contribution in [0.5, 0.6) is 0 Å². The number of hydrogen-bond acceptors (Lipinski definition) is 1. The molecule has 18 heavy (non-hydrogen) atoms. The van der Waals surface area contributed by atoms with E-state index in [2.05, 4.69) is 53.3 Å². The summed E-state index contributed by atoms with van der Waals surface area (Å²) in [6.45, 7) is 5.49. The average molecular weight is 310 g/mol. The number of rotatable bonds is 4. The van der Waals surface area contributed by atoms with Crippen molar-refractivity contribution < 1.29 is 0 Å². The summed E-state index contributed by atoms with van der Waals surface area (Å²) < 4.78 is 1.20. The molecule has 0 saturated heterocycles. The van der Waals surface area contributed by atoms with Gasteiger partial charge in [0.15, 0.2) is 0 Å². The van der Waals surface area contributed by atoms with Gasteiger partial charge in [0.1, 0.15) is 0 Å². The Morgan fingerprint density at radius 1 is 1.28 bits per heavy atom. The zero-order chi connectivity index (χ0) is 13.0. The van der Waals surface area contributed by atoms with E-state index < -0.39 is 0 Å². The van der Waals surface area contributed by atoms with E-state index in [0.717, 1.165) is 12.5 Å². The molecule has 0 bridgehead atoms. The van der Waals surface area contributed by atoms with Crippen LogP contribution in [-0.2, 0) is 6.54 Å². The Bertz CT molecular complexity index is 383. The second kappa shape index (κ2) is 6.72. The third-order valence-corrected chi connectivity index (χ3v) is 5.10. The Kier molecular flexibility index (Phi) is 5.25. The lowest BCUT2D eigenvalue weighted by atomic mass is 9.84. The van der Waals surface area contributed by atoms with Gasteiger partial charge in [-0.2, -0.15) is 0 Å². The first kappa shape index (κ1) is 14.1. The third-order valence-electron chi connectivity index (χ3n) is 4.21. The van der Waals surface area contributed by atoms with Crippen molar-refractivity contribution in [2.45, 2.75) is 58.5 Å². The van der Waals surface area contributed by atoms with E-state index in [-0.39, 0.29) is 0 Å². The summed E-state index contributed by atoms with van der Waals surface area (Å²) in [5.74, 6) is 0.885. The van der Waals surface area contributed by atoms with Gasteiger partial charge in [-0.25, -0.2) is 0 Å². The monoisotopic (exact) mass is 309 g/mol. The van der Waals surface area contributed by atoms with Gasteiger partial charge in [0.05, 0.1) is 0 Å². The summed E-state index contributed by atoms with van der Waals surface area (Å²) in [6, 6.07) is 7.27. The predicted molar refractivity (Wildman–Crippen MR) is 81.8 cm³/mol. The maximum Gasteiger partial charge on any atom is 0.0208 e. The molecule has 0 radical (unpaired) electrons. The minimum absolute atomic E-state index is 0.647. The van der Waals surface area contributed by atoms with Crippen LogP contribution in [0.2, 0.25) is 0 Å². The van der Waals surface area contributed by atoms with Gasteiger partial charge < -0.3 is 5.32 Å². The highest BCUT2D eigenvalue weighted by atomic mass is 79.9. The van der Waals surface area contributed by atoms with E-state index in [1.807, 2.05) is 0 Å². The molecule has 2 heteroatoms. The van der Waals surface area contributed by atoms with Crippen molar-refractivity contribution >= 4 is 15.9 Å². The number of hydrogen-bond donors (Lipinski definition) is 1. The first-order valence-corrected chi connectivity index (χ1v) is 7.94. The molecule has 1 aliphatic rings. The van der Waals surface area contributed by atoms with Crippen LogP contribution in [0.1, 0.15) is 50.2 Å². The van der Waals surface area contributed by atoms with Gasteiger partial charge in [-0.15, -0.1) is 0 Å². The summed E-state index contributed by atoms with van der Waals surface area (Å²) in [5.41, 5.74) is 2.71.